The van der Waals surface area contributed by atoms with E-state index in [1.54, 1.807) is 41.0 Å². The van der Waals surface area contributed by atoms with Gasteiger partial charge in [-0.3, -0.25) is 9.59 Å². The fourth-order valence-corrected chi connectivity index (χ4v) is 7.98. The number of alkyl halides is 1. The zero-order valence-electron chi connectivity index (χ0n) is 25.5. The second-order valence-electron chi connectivity index (χ2n) is 11.5. The monoisotopic (exact) mass is 703 g/mol. The Balaban J connectivity index is 1.00. The molecule has 0 spiro atoms. The van der Waals surface area contributed by atoms with Crippen molar-refractivity contribution in [3.05, 3.63) is 88.8 Å². The van der Waals surface area contributed by atoms with Crippen molar-refractivity contribution >= 4 is 71.7 Å². The number of phenols is 1. The van der Waals surface area contributed by atoms with Gasteiger partial charge in [0.05, 0.1) is 5.69 Å². The second-order valence-corrected chi connectivity index (χ2v) is 13.8. The number of pyridine rings is 1. The van der Waals surface area contributed by atoms with E-state index in [4.69, 9.17) is 11.6 Å². The molecule has 46 heavy (non-hydrogen) atoms. The number of hydrogen-bond donors (Lipinski definition) is 3. The Bertz CT molecular complexity index is 1940. The van der Waals surface area contributed by atoms with E-state index in [1.807, 2.05) is 43.3 Å². The third-order valence-corrected chi connectivity index (χ3v) is 10.5. The van der Waals surface area contributed by atoms with Gasteiger partial charge in [0.2, 0.25) is 5.91 Å². The van der Waals surface area contributed by atoms with Gasteiger partial charge in [-0.1, -0.05) is 24.3 Å². The van der Waals surface area contributed by atoms with Crippen LogP contribution in [0.5, 0.6) is 5.75 Å². The molecule has 0 bridgehead atoms. The quantitative estimate of drug-likeness (QED) is 0.0882. The van der Waals surface area contributed by atoms with Gasteiger partial charge in [-0.05, 0) is 23.8 Å². The predicted molar refractivity (Wildman–Crippen MR) is 183 cm³/mol. The summed E-state index contributed by atoms with van der Waals surface area (Å²) in [7, 11) is 1.75. The SMILES string of the molecule is Cc1cc(NC(=O)c2cc(NC(=O)CCCCC(=O)N3C[C@@H](CCl)c4c3cc(O)c3ccccc43)cn2C)cnc1-c1ccc[se]1. The molecule has 1 aliphatic rings. The Morgan fingerprint density at radius 2 is 1.80 bits per heavy atom. The van der Waals surface area contributed by atoms with Crippen molar-refractivity contribution in [2.24, 2.45) is 7.05 Å². The molecule has 5 aromatic rings. The molecule has 0 aliphatic carbocycles. The van der Waals surface area contributed by atoms with Crippen LogP contribution in [0.3, 0.4) is 0 Å². The Kier molecular flexibility index (Phi) is 9.31. The minimum atomic E-state index is -0.303. The normalized spacial score (nSPS) is 14.0. The summed E-state index contributed by atoms with van der Waals surface area (Å²) < 4.78 is 2.88. The number of carbonyl (C=O) groups is 3. The zero-order chi connectivity index (χ0) is 32.4. The van der Waals surface area contributed by atoms with Crippen molar-refractivity contribution in [1.82, 2.24) is 9.55 Å². The number of aromatic nitrogens is 2. The molecule has 236 valence electrons. The maximum absolute atomic E-state index is 13.2. The topological polar surface area (TPSA) is 117 Å². The van der Waals surface area contributed by atoms with Crippen LogP contribution in [0.4, 0.5) is 17.1 Å². The maximum atomic E-state index is 13.2. The molecule has 0 fully saturated rings. The number of nitrogens with zero attached hydrogens (tertiary/aromatic N) is 3. The van der Waals surface area contributed by atoms with Gasteiger partial charge < -0.3 is 10.0 Å². The summed E-state index contributed by atoms with van der Waals surface area (Å²) in [5, 5.41) is 18.0. The average Bonchev–Trinajstić information content (AvgIpc) is 3.78. The van der Waals surface area contributed by atoms with Crippen molar-refractivity contribution in [3.8, 4) is 15.9 Å². The molecule has 1 atom stereocenters. The summed E-state index contributed by atoms with van der Waals surface area (Å²) in [5.41, 5.74) is 5.17. The van der Waals surface area contributed by atoms with E-state index in [0.29, 0.717) is 48.0 Å². The predicted octanol–water partition coefficient (Wildman–Crippen LogP) is 6.43. The standard InChI is InChI=1S/C35H34ClN5O4Se/c1-21-14-23(18-37-34(21)30-10-7-13-46-30)39-35(45)28-15-24(20-40(28)2)38-31(43)11-5-6-12-32(44)41-19-22(17-36)33-26-9-4-3-8-25(26)29(42)16-27(33)41/h3-4,7-10,13-16,18,20,22,42H,5-6,11-12,17,19H2,1-2H3,(H,38,43)(H,39,45)/t22-/m1/s1. The van der Waals surface area contributed by atoms with Crippen LogP contribution in [0, 0.1) is 6.92 Å². The molecular weight excluding hydrogens is 669 g/mol. The number of nitrogens with one attached hydrogen (secondary N) is 2. The molecule has 0 saturated heterocycles. The number of hydrogen-bond acceptors (Lipinski definition) is 5. The van der Waals surface area contributed by atoms with E-state index in [1.165, 1.54) is 4.44 Å². The van der Waals surface area contributed by atoms with E-state index in [0.717, 1.165) is 27.6 Å². The molecule has 4 heterocycles. The molecule has 3 N–H and O–H groups in total. The van der Waals surface area contributed by atoms with E-state index in [9.17, 15) is 19.5 Å². The Labute approximate surface area is 277 Å². The molecule has 9 nitrogen and oxygen atoms in total. The molecule has 0 radical (unpaired) electrons. The second kappa shape index (κ2) is 13.5. The molecule has 0 unspecified atom stereocenters. The van der Waals surface area contributed by atoms with Crippen LogP contribution >= 0.6 is 11.6 Å². The first-order valence-electron chi connectivity index (χ1n) is 15.1. The summed E-state index contributed by atoms with van der Waals surface area (Å²) in [6.07, 6.45) is 4.93. The summed E-state index contributed by atoms with van der Waals surface area (Å²) in [5.74, 6) is -0.0662. The molecule has 0 saturated carbocycles. The summed E-state index contributed by atoms with van der Waals surface area (Å²) in [6.45, 7) is 2.45. The van der Waals surface area contributed by atoms with Crippen LogP contribution in [-0.2, 0) is 16.6 Å². The Morgan fingerprint density at radius 3 is 2.54 bits per heavy atom. The van der Waals surface area contributed by atoms with Gasteiger partial charge in [0.1, 0.15) is 5.75 Å². The van der Waals surface area contributed by atoms with Gasteiger partial charge in [-0.25, -0.2) is 0 Å². The number of rotatable bonds is 10. The van der Waals surface area contributed by atoms with Crippen LogP contribution in [-0.4, -0.2) is 59.3 Å². The third-order valence-electron chi connectivity index (χ3n) is 8.29. The number of benzene rings is 2. The number of halogens is 1. The Morgan fingerprint density at radius 1 is 1.02 bits per heavy atom. The number of anilines is 3. The molecule has 3 amide bonds. The van der Waals surface area contributed by atoms with Crippen LogP contribution in [0.25, 0.3) is 20.9 Å². The van der Waals surface area contributed by atoms with Gasteiger partial charge in [0.15, 0.2) is 0 Å². The van der Waals surface area contributed by atoms with Crippen LogP contribution in [0.2, 0.25) is 0 Å². The average molecular weight is 703 g/mol. The van der Waals surface area contributed by atoms with Crippen molar-refractivity contribution < 1.29 is 19.5 Å². The molecular formula is C35H34ClN5O4Se. The first-order chi connectivity index (χ1) is 22.2. The van der Waals surface area contributed by atoms with Crippen molar-refractivity contribution in [2.75, 3.05) is 28.0 Å². The number of aryl methyl sites for hydroxylation is 2. The van der Waals surface area contributed by atoms with Crippen LogP contribution in [0.15, 0.2) is 71.9 Å². The van der Waals surface area contributed by atoms with Gasteiger partial charge in [0, 0.05) is 42.6 Å². The van der Waals surface area contributed by atoms with Gasteiger partial charge in [0.25, 0.3) is 0 Å². The number of unbranched alkanes of at least 4 members (excludes halogenated alkanes) is 1. The minimum absolute atomic E-state index is 0.0195. The van der Waals surface area contributed by atoms with Gasteiger partial charge in [-0.2, -0.15) is 0 Å². The number of phenolic OH excluding ortho intramolecular Hbond substituents is 1. The van der Waals surface area contributed by atoms with Crippen LogP contribution in [0.1, 0.15) is 53.2 Å². The number of aromatic hydroxyl groups is 1. The summed E-state index contributed by atoms with van der Waals surface area (Å²) in [4.78, 5) is 47.4. The molecule has 11 heteroatoms. The number of carbonyl (C=O) groups excluding carboxylic acids is 3. The van der Waals surface area contributed by atoms with Crippen molar-refractivity contribution in [3.63, 3.8) is 0 Å². The summed E-state index contributed by atoms with van der Waals surface area (Å²) in [6, 6.07) is 16.9. The number of amides is 3. The first kappa shape index (κ1) is 31.6. The first-order valence-corrected chi connectivity index (χ1v) is 17.5. The Hall–Kier alpha value is -4.37. The molecule has 3 aromatic heterocycles. The fraction of sp³-hybridized carbons (Fsp3) is 0.257. The number of fused-ring (bicyclic) bond motifs is 3. The van der Waals surface area contributed by atoms with Crippen molar-refractivity contribution in [2.45, 2.75) is 38.5 Å². The van der Waals surface area contributed by atoms with Crippen LogP contribution < -0.4 is 15.5 Å². The summed E-state index contributed by atoms with van der Waals surface area (Å²) >= 11 is 6.57. The third kappa shape index (κ3) is 6.47. The molecule has 2 aromatic carbocycles. The molecule has 6 rings (SSSR count). The van der Waals surface area contributed by atoms with Gasteiger partial charge >= 0.3 is 140 Å². The van der Waals surface area contributed by atoms with E-state index in [-0.39, 0.29) is 56.7 Å². The van der Waals surface area contributed by atoms with Crippen molar-refractivity contribution in [1.29, 1.82) is 0 Å². The zero-order valence-corrected chi connectivity index (χ0v) is 28.0. The van der Waals surface area contributed by atoms with E-state index in [2.05, 4.69) is 26.6 Å². The van der Waals surface area contributed by atoms with E-state index >= 15 is 0 Å². The van der Waals surface area contributed by atoms with Gasteiger partial charge in [-0.15, -0.1) is 11.6 Å². The molecule has 1 aliphatic heterocycles. The fourth-order valence-electron chi connectivity index (χ4n) is 6.08. The van der Waals surface area contributed by atoms with E-state index < -0.39 is 0 Å².